The van der Waals surface area contributed by atoms with Gasteiger partial charge in [0.15, 0.2) is 0 Å². The summed E-state index contributed by atoms with van der Waals surface area (Å²) in [5.74, 6) is -0.473. The highest BCUT2D eigenvalue weighted by Crippen LogP contribution is 2.18. The molecule has 0 atom stereocenters. The van der Waals surface area contributed by atoms with E-state index < -0.39 is 15.9 Å². The summed E-state index contributed by atoms with van der Waals surface area (Å²) < 4.78 is 23.7. The van der Waals surface area contributed by atoms with Crippen molar-refractivity contribution >= 4 is 26.7 Å². The zero-order valence-electron chi connectivity index (χ0n) is 9.67. The molecule has 6 heteroatoms. The van der Waals surface area contributed by atoms with Gasteiger partial charge in [-0.15, -0.1) is 4.83 Å². The quantitative estimate of drug-likeness (QED) is 0.817. The maximum absolute atomic E-state index is 11.9. The maximum Gasteiger partial charge on any atom is 0.257 e. The van der Waals surface area contributed by atoms with Gasteiger partial charge in [-0.25, -0.2) is 8.42 Å². The fraction of sp³-hybridized carbons (Fsp3) is 0.0833. The lowest BCUT2D eigenvalue weighted by molar-refractivity contribution is -0.119. The van der Waals surface area contributed by atoms with E-state index in [1.807, 2.05) is 29.1 Å². The number of carbonyl (C=O) groups excluding carboxylic acids is 1. The second kappa shape index (κ2) is 4.75. The number of carbonyl (C=O) groups is 1. The molecule has 0 bridgehead atoms. The van der Waals surface area contributed by atoms with Crippen LogP contribution in [0.4, 0.5) is 0 Å². The largest absolute Gasteiger partial charge is 0.278 e. The van der Waals surface area contributed by atoms with Crippen LogP contribution in [-0.4, -0.2) is 14.3 Å². The van der Waals surface area contributed by atoms with Crippen LogP contribution in [0.15, 0.2) is 47.4 Å². The van der Waals surface area contributed by atoms with Gasteiger partial charge in [0.1, 0.15) is 0 Å². The van der Waals surface area contributed by atoms with Gasteiger partial charge < -0.3 is 0 Å². The van der Waals surface area contributed by atoms with Gasteiger partial charge >= 0.3 is 0 Å². The molecule has 0 aliphatic carbocycles. The number of rotatable bonds is 3. The van der Waals surface area contributed by atoms with E-state index in [0.717, 1.165) is 10.8 Å². The van der Waals surface area contributed by atoms with Crippen molar-refractivity contribution in [2.45, 2.75) is 11.8 Å². The Morgan fingerprint density at radius 1 is 1.06 bits per heavy atom. The third-order valence-electron chi connectivity index (χ3n) is 2.39. The Kier molecular flexibility index (Phi) is 3.31. The van der Waals surface area contributed by atoms with Crippen LogP contribution in [0.25, 0.3) is 10.8 Å². The Labute approximate surface area is 105 Å². The molecular weight excluding hydrogens is 252 g/mol. The molecule has 94 valence electrons. The van der Waals surface area contributed by atoms with E-state index in [0.29, 0.717) is 0 Å². The van der Waals surface area contributed by atoms with E-state index in [1.54, 1.807) is 12.1 Å². The molecule has 0 saturated heterocycles. The van der Waals surface area contributed by atoms with Crippen LogP contribution >= 0.6 is 0 Å². The average Bonchev–Trinajstić information content (AvgIpc) is 2.36. The number of nitrogens with one attached hydrogen (secondary N) is 2. The first-order valence-corrected chi connectivity index (χ1v) is 6.74. The lowest BCUT2D eigenvalue weighted by Crippen LogP contribution is -2.40. The van der Waals surface area contributed by atoms with Gasteiger partial charge in [0.05, 0.1) is 4.90 Å². The first-order chi connectivity index (χ1) is 8.49. The molecule has 0 aromatic heterocycles. The number of benzene rings is 2. The van der Waals surface area contributed by atoms with Crippen molar-refractivity contribution in [3.05, 3.63) is 42.5 Å². The predicted octanol–water partition coefficient (Wildman–Crippen LogP) is 1.17. The van der Waals surface area contributed by atoms with E-state index in [-0.39, 0.29) is 4.90 Å². The number of sulfonamides is 1. The van der Waals surface area contributed by atoms with Crippen molar-refractivity contribution in [1.82, 2.24) is 10.3 Å². The Bertz CT molecular complexity index is 695. The van der Waals surface area contributed by atoms with E-state index in [4.69, 9.17) is 0 Å². The average molecular weight is 264 g/mol. The van der Waals surface area contributed by atoms with Crippen molar-refractivity contribution in [3.63, 3.8) is 0 Å². The monoisotopic (exact) mass is 264 g/mol. The van der Waals surface area contributed by atoms with Crippen molar-refractivity contribution in [2.75, 3.05) is 0 Å². The smallest absolute Gasteiger partial charge is 0.257 e. The predicted molar refractivity (Wildman–Crippen MR) is 68.1 cm³/mol. The highest BCUT2D eigenvalue weighted by molar-refractivity contribution is 7.89. The topological polar surface area (TPSA) is 75.3 Å². The summed E-state index contributed by atoms with van der Waals surface area (Å²) in [5, 5.41) is 1.78. The second-order valence-corrected chi connectivity index (χ2v) is 5.48. The van der Waals surface area contributed by atoms with Crippen LogP contribution in [0.3, 0.4) is 0 Å². The second-order valence-electron chi connectivity index (χ2n) is 3.80. The SMILES string of the molecule is CC(=O)NNS(=O)(=O)c1ccc2ccccc2c1. The van der Waals surface area contributed by atoms with Gasteiger partial charge in [0, 0.05) is 6.92 Å². The standard InChI is InChI=1S/C12H12N2O3S/c1-9(15)13-14-18(16,17)12-7-6-10-4-2-3-5-11(10)8-12/h2-8,14H,1H3,(H,13,15). The molecule has 0 saturated carbocycles. The molecule has 5 nitrogen and oxygen atoms in total. The fourth-order valence-corrected chi connectivity index (χ4v) is 2.46. The van der Waals surface area contributed by atoms with Gasteiger partial charge in [-0.2, -0.15) is 0 Å². The normalized spacial score (nSPS) is 11.4. The van der Waals surface area contributed by atoms with Crippen molar-refractivity contribution in [3.8, 4) is 0 Å². The zero-order chi connectivity index (χ0) is 13.2. The van der Waals surface area contributed by atoms with Gasteiger partial charge in [-0.1, -0.05) is 30.3 Å². The molecule has 18 heavy (non-hydrogen) atoms. The molecule has 2 aromatic carbocycles. The molecule has 1 amide bonds. The third-order valence-corrected chi connectivity index (χ3v) is 3.64. The van der Waals surface area contributed by atoms with Crippen LogP contribution < -0.4 is 10.3 Å². The number of hydrogen-bond acceptors (Lipinski definition) is 3. The van der Waals surface area contributed by atoms with Crippen molar-refractivity contribution < 1.29 is 13.2 Å². The highest BCUT2D eigenvalue weighted by Gasteiger charge is 2.14. The Hall–Kier alpha value is -1.92. The lowest BCUT2D eigenvalue weighted by atomic mass is 10.1. The van der Waals surface area contributed by atoms with Crippen LogP contribution in [0.5, 0.6) is 0 Å². The van der Waals surface area contributed by atoms with Crippen molar-refractivity contribution in [2.24, 2.45) is 0 Å². The van der Waals surface area contributed by atoms with E-state index >= 15 is 0 Å². The van der Waals surface area contributed by atoms with Crippen molar-refractivity contribution in [1.29, 1.82) is 0 Å². The van der Waals surface area contributed by atoms with Crippen LogP contribution in [-0.2, 0) is 14.8 Å². The van der Waals surface area contributed by atoms with Gasteiger partial charge in [-0.3, -0.25) is 10.2 Å². The van der Waals surface area contributed by atoms with Crippen LogP contribution in [0.2, 0.25) is 0 Å². The summed E-state index contributed by atoms with van der Waals surface area (Å²) in [7, 11) is -3.73. The molecule has 2 aromatic rings. The minimum absolute atomic E-state index is 0.106. The molecular formula is C12H12N2O3S. The van der Waals surface area contributed by atoms with Crippen LogP contribution in [0.1, 0.15) is 6.92 Å². The molecule has 0 unspecified atom stereocenters. The van der Waals surface area contributed by atoms with E-state index in [9.17, 15) is 13.2 Å². The molecule has 0 spiro atoms. The molecule has 0 fully saturated rings. The van der Waals surface area contributed by atoms with E-state index in [1.165, 1.54) is 13.0 Å². The molecule has 2 N–H and O–H groups in total. The summed E-state index contributed by atoms with van der Waals surface area (Å²) in [6, 6.07) is 12.2. The molecule has 0 heterocycles. The maximum atomic E-state index is 11.9. The number of amides is 1. The van der Waals surface area contributed by atoms with E-state index in [2.05, 4.69) is 5.43 Å². The summed E-state index contributed by atoms with van der Waals surface area (Å²) in [6.07, 6.45) is 0. The first kappa shape index (κ1) is 12.5. The number of hydrogen-bond donors (Lipinski definition) is 2. The fourth-order valence-electron chi connectivity index (χ4n) is 1.53. The van der Waals surface area contributed by atoms with Crippen LogP contribution in [0, 0.1) is 0 Å². The minimum atomic E-state index is -3.73. The number of hydrazine groups is 1. The summed E-state index contributed by atoms with van der Waals surface area (Å²) in [4.78, 5) is 12.8. The summed E-state index contributed by atoms with van der Waals surface area (Å²) in [6.45, 7) is 1.23. The minimum Gasteiger partial charge on any atom is -0.278 e. The van der Waals surface area contributed by atoms with Gasteiger partial charge in [-0.05, 0) is 22.9 Å². The molecule has 2 rings (SSSR count). The zero-order valence-corrected chi connectivity index (χ0v) is 10.5. The van der Waals surface area contributed by atoms with Gasteiger partial charge in [0.25, 0.3) is 10.0 Å². The summed E-state index contributed by atoms with van der Waals surface area (Å²) >= 11 is 0. The molecule has 0 aliphatic heterocycles. The van der Waals surface area contributed by atoms with Gasteiger partial charge in [0.2, 0.25) is 5.91 Å². The Balaban J connectivity index is 2.38. The Morgan fingerprint density at radius 3 is 2.39 bits per heavy atom. The molecule has 0 radical (unpaired) electrons. The third kappa shape index (κ3) is 2.66. The molecule has 0 aliphatic rings. The Morgan fingerprint density at radius 2 is 1.72 bits per heavy atom. The highest BCUT2D eigenvalue weighted by atomic mass is 32.2. The number of fused-ring (bicyclic) bond motifs is 1. The lowest BCUT2D eigenvalue weighted by Gasteiger charge is -2.07. The first-order valence-electron chi connectivity index (χ1n) is 5.26. The summed E-state index contributed by atoms with van der Waals surface area (Å²) in [5.41, 5.74) is 2.06.